The number of carboxylic acids is 1. The van der Waals surface area contributed by atoms with Gasteiger partial charge in [0.1, 0.15) is 11.4 Å². The fourth-order valence-electron chi connectivity index (χ4n) is 3.80. The van der Waals surface area contributed by atoms with Crippen LogP contribution in [0.5, 0.6) is 0 Å². The molecule has 0 radical (unpaired) electrons. The zero-order valence-corrected chi connectivity index (χ0v) is 18.2. The molecule has 1 unspecified atom stereocenters. The fraction of sp³-hybridized carbons (Fsp3) is 0.500. The number of likely N-dealkylation sites (tertiary alicyclic amines) is 1. The monoisotopic (exact) mass is 470 g/mol. The highest BCUT2D eigenvalue weighted by Crippen LogP contribution is 2.36. The van der Waals surface area contributed by atoms with Crippen molar-refractivity contribution in [3.05, 3.63) is 53.2 Å². The van der Waals surface area contributed by atoms with Crippen LogP contribution in [0.15, 0.2) is 34.9 Å². The minimum absolute atomic E-state index is 0.0116. The Balaban J connectivity index is 0.000000383. The van der Waals surface area contributed by atoms with Crippen molar-refractivity contribution in [1.82, 2.24) is 9.88 Å². The summed E-state index contributed by atoms with van der Waals surface area (Å²) in [5.41, 5.74) is 2.31. The SMILES string of the molecule is Cc1cccc(COC2CCOC3(C2)CN(C(=O)c2ccoc2C)C3)n1.O=C(O)C(F)(F)F. The molecule has 1 atom stereocenters. The number of furan rings is 1. The van der Waals surface area contributed by atoms with Crippen LogP contribution in [0.25, 0.3) is 0 Å². The summed E-state index contributed by atoms with van der Waals surface area (Å²) in [7, 11) is 0. The first-order chi connectivity index (χ1) is 15.5. The molecule has 1 N–H and O–H groups in total. The highest BCUT2D eigenvalue weighted by molar-refractivity contribution is 5.95. The minimum atomic E-state index is -5.08. The molecule has 4 rings (SSSR count). The lowest BCUT2D eigenvalue weighted by Gasteiger charge is -2.52. The van der Waals surface area contributed by atoms with Crippen molar-refractivity contribution < 1.29 is 41.8 Å². The Morgan fingerprint density at radius 1 is 1.27 bits per heavy atom. The zero-order chi connectivity index (χ0) is 24.2. The Hall–Kier alpha value is -2.92. The van der Waals surface area contributed by atoms with Crippen molar-refractivity contribution in [2.24, 2.45) is 0 Å². The summed E-state index contributed by atoms with van der Waals surface area (Å²) < 4.78 is 49.1. The maximum atomic E-state index is 12.5. The molecule has 4 heterocycles. The lowest BCUT2D eigenvalue weighted by molar-refractivity contribution is -0.192. The maximum Gasteiger partial charge on any atom is 0.490 e. The molecule has 2 saturated heterocycles. The van der Waals surface area contributed by atoms with Crippen LogP contribution in [0.1, 0.15) is 40.3 Å². The normalized spacial score (nSPS) is 19.4. The summed E-state index contributed by atoms with van der Waals surface area (Å²) in [5.74, 6) is -2.09. The molecule has 11 heteroatoms. The first-order valence-corrected chi connectivity index (χ1v) is 10.3. The van der Waals surface area contributed by atoms with Gasteiger partial charge < -0.3 is 23.9 Å². The lowest BCUT2D eigenvalue weighted by Crippen LogP contribution is -2.67. The number of hydrogen-bond acceptors (Lipinski definition) is 6. The Morgan fingerprint density at radius 3 is 2.55 bits per heavy atom. The quantitative estimate of drug-likeness (QED) is 0.730. The molecule has 8 nitrogen and oxygen atoms in total. The van der Waals surface area contributed by atoms with Gasteiger partial charge >= 0.3 is 12.1 Å². The Kier molecular flexibility index (Phi) is 7.43. The van der Waals surface area contributed by atoms with Crippen molar-refractivity contribution >= 4 is 11.9 Å². The molecular formula is C22H25F3N2O6. The van der Waals surface area contributed by atoms with Crippen LogP contribution in [-0.4, -0.2) is 64.4 Å². The number of pyridine rings is 1. The fourth-order valence-corrected chi connectivity index (χ4v) is 3.80. The van der Waals surface area contributed by atoms with Gasteiger partial charge in [0.2, 0.25) is 0 Å². The number of carboxylic acid groups (broad SMARTS) is 1. The Bertz CT molecular complexity index is 985. The molecule has 1 spiro atoms. The molecule has 1 amide bonds. The second-order valence-electron chi connectivity index (χ2n) is 8.08. The molecule has 2 aromatic heterocycles. The number of carbonyl (C=O) groups is 2. The predicted octanol–water partition coefficient (Wildman–Crippen LogP) is 3.52. The molecule has 2 aliphatic heterocycles. The van der Waals surface area contributed by atoms with E-state index in [2.05, 4.69) is 4.98 Å². The average molecular weight is 470 g/mol. The van der Waals surface area contributed by atoms with E-state index >= 15 is 0 Å². The number of alkyl halides is 3. The average Bonchev–Trinajstić information content (AvgIpc) is 3.16. The van der Waals surface area contributed by atoms with Crippen LogP contribution in [0.3, 0.4) is 0 Å². The van der Waals surface area contributed by atoms with E-state index in [-0.39, 0.29) is 17.6 Å². The Morgan fingerprint density at radius 2 is 1.97 bits per heavy atom. The molecule has 2 aliphatic rings. The molecule has 0 aromatic carbocycles. The molecule has 180 valence electrons. The van der Waals surface area contributed by atoms with Gasteiger partial charge in [0.25, 0.3) is 5.91 Å². The number of aliphatic carboxylic acids is 1. The number of amides is 1. The highest BCUT2D eigenvalue weighted by atomic mass is 19.4. The number of halogens is 3. The van der Waals surface area contributed by atoms with E-state index in [9.17, 15) is 18.0 Å². The topological polar surface area (TPSA) is 102 Å². The van der Waals surface area contributed by atoms with Gasteiger partial charge in [0.15, 0.2) is 0 Å². The molecule has 0 aliphatic carbocycles. The van der Waals surface area contributed by atoms with Crippen LogP contribution >= 0.6 is 0 Å². The number of aromatic nitrogens is 1. The molecule has 0 bridgehead atoms. The van der Waals surface area contributed by atoms with Crippen LogP contribution < -0.4 is 0 Å². The van der Waals surface area contributed by atoms with E-state index in [0.717, 1.165) is 24.2 Å². The number of nitrogens with zero attached hydrogens (tertiary/aromatic N) is 2. The van der Waals surface area contributed by atoms with Gasteiger partial charge in [-0.15, -0.1) is 0 Å². The summed E-state index contributed by atoms with van der Waals surface area (Å²) in [4.78, 5) is 27.7. The predicted molar refractivity (Wildman–Crippen MR) is 109 cm³/mol. The first-order valence-electron chi connectivity index (χ1n) is 10.3. The summed E-state index contributed by atoms with van der Waals surface area (Å²) in [6, 6.07) is 7.69. The minimum Gasteiger partial charge on any atom is -0.475 e. The van der Waals surface area contributed by atoms with E-state index in [1.54, 1.807) is 12.3 Å². The molecule has 33 heavy (non-hydrogen) atoms. The van der Waals surface area contributed by atoms with E-state index in [4.69, 9.17) is 23.8 Å². The van der Waals surface area contributed by atoms with Gasteiger partial charge in [-0.25, -0.2) is 4.79 Å². The third-order valence-corrected chi connectivity index (χ3v) is 5.44. The van der Waals surface area contributed by atoms with E-state index in [1.807, 2.05) is 36.9 Å². The van der Waals surface area contributed by atoms with Gasteiger partial charge in [0, 0.05) is 18.7 Å². The largest absolute Gasteiger partial charge is 0.490 e. The third kappa shape index (κ3) is 6.32. The third-order valence-electron chi connectivity index (χ3n) is 5.44. The second kappa shape index (κ2) is 9.92. The summed E-state index contributed by atoms with van der Waals surface area (Å²) >= 11 is 0. The maximum absolute atomic E-state index is 12.5. The van der Waals surface area contributed by atoms with Gasteiger partial charge in [-0.2, -0.15) is 13.2 Å². The lowest BCUT2D eigenvalue weighted by atomic mass is 9.84. The van der Waals surface area contributed by atoms with E-state index in [1.165, 1.54) is 0 Å². The Labute approximate surface area is 188 Å². The van der Waals surface area contributed by atoms with Crippen molar-refractivity contribution in [2.75, 3.05) is 19.7 Å². The molecule has 2 aromatic rings. The van der Waals surface area contributed by atoms with Crippen molar-refractivity contribution in [3.63, 3.8) is 0 Å². The number of aryl methyl sites for hydroxylation is 2. The van der Waals surface area contributed by atoms with Crippen LogP contribution in [-0.2, 0) is 20.9 Å². The van der Waals surface area contributed by atoms with Crippen molar-refractivity contribution in [3.8, 4) is 0 Å². The summed E-state index contributed by atoms with van der Waals surface area (Å²) in [6.07, 6.45) is -1.70. The standard InChI is InChI=1S/C20H24N2O4.C2HF3O2/c1-14-4-3-5-16(21-14)11-25-17-6-9-26-20(10-17)12-22(13-20)19(23)18-7-8-24-15(18)2;3-2(4,5)1(6)7/h3-5,7-8,17H,6,9-13H2,1-2H3;(H,6,7). The van der Waals surface area contributed by atoms with Gasteiger partial charge in [-0.3, -0.25) is 9.78 Å². The molecule has 0 saturated carbocycles. The first kappa shape index (κ1) is 24.7. The van der Waals surface area contributed by atoms with Crippen molar-refractivity contribution in [1.29, 1.82) is 0 Å². The van der Waals surface area contributed by atoms with E-state index < -0.39 is 12.1 Å². The molecule has 2 fully saturated rings. The van der Waals surface area contributed by atoms with Crippen LogP contribution in [0.4, 0.5) is 13.2 Å². The van der Waals surface area contributed by atoms with Gasteiger partial charge in [0.05, 0.1) is 43.3 Å². The van der Waals surface area contributed by atoms with Crippen LogP contribution in [0, 0.1) is 13.8 Å². The van der Waals surface area contributed by atoms with Gasteiger partial charge in [-0.1, -0.05) is 6.07 Å². The number of hydrogen-bond donors (Lipinski definition) is 1. The second-order valence-corrected chi connectivity index (χ2v) is 8.08. The van der Waals surface area contributed by atoms with Gasteiger partial charge in [-0.05, 0) is 38.5 Å². The molecular weight excluding hydrogens is 445 g/mol. The van der Waals surface area contributed by atoms with E-state index in [0.29, 0.717) is 37.6 Å². The summed E-state index contributed by atoms with van der Waals surface area (Å²) in [6.45, 7) is 6.19. The highest BCUT2D eigenvalue weighted by Gasteiger charge is 2.50. The van der Waals surface area contributed by atoms with Crippen molar-refractivity contribution in [2.45, 2.75) is 51.2 Å². The summed E-state index contributed by atoms with van der Waals surface area (Å²) in [5, 5.41) is 7.12. The van der Waals surface area contributed by atoms with Crippen LogP contribution in [0.2, 0.25) is 0 Å². The smallest absolute Gasteiger partial charge is 0.475 e. The zero-order valence-electron chi connectivity index (χ0n) is 18.2. The number of carbonyl (C=O) groups excluding carboxylic acids is 1. The number of rotatable bonds is 4. The number of ether oxygens (including phenoxy) is 2.